The third-order valence-electron chi connectivity index (χ3n) is 6.52. The fourth-order valence-electron chi connectivity index (χ4n) is 4.13. The van der Waals surface area contributed by atoms with Crippen molar-refractivity contribution in [2.24, 2.45) is 0 Å². The van der Waals surface area contributed by atoms with Crippen LogP contribution in [0.2, 0.25) is 0 Å². The Kier molecular flexibility index (Phi) is 11.2. The first-order chi connectivity index (χ1) is 18.4. The molecule has 0 atom stereocenters. The van der Waals surface area contributed by atoms with Crippen LogP contribution in [-0.4, -0.2) is 29.7 Å². The Bertz CT molecular complexity index is 1220. The monoisotopic (exact) mass is 512 g/mol. The summed E-state index contributed by atoms with van der Waals surface area (Å²) in [6.45, 7) is 4.74. The van der Waals surface area contributed by atoms with E-state index in [1.54, 1.807) is 48.5 Å². The zero-order valence-electron chi connectivity index (χ0n) is 22.3. The van der Waals surface area contributed by atoms with E-state index in [1.165, 1.54) is 62.8 Å². The van der Waals surface area contributed by atoms with E-state index in [-0.39, 0.29) is 16.7 Å². The van der Waals surface area contributed by atoms with Crippen molar-refractivity contribution in [1.29, 1.82) is 0 Å². The number of carbonyl (C=O) groups is 4. The van der Waals surface area contributed by atoms with E-state index in [4.69, 9.17) is 4.74 Å². The number of ether oxygens (including phenoxy) is 1. The Labute approximate surface area is 225 Å². The van der Waals surface area contributed by atoms with Crippen molar-refractivity contribution in [3.8, 4) is 5.75 Å². The molecule has 0 amide bonds. The van der Waals surface area contributed by atoms with Gasteiger partial charge in [0.05, 0.1) is 6.61 Å². The van der Waals surface area contributed by atoms with Crippen LogP contribution in [0, 0.1) is 6.92 Å². The zero-order chi connectivity index (χ0) is 27.3. The van der Waals surface area contributed by atoms with Gasteiger partial charge in [0, 0.05) is 22.3 Å². The lowest BCUT2D eigenvalue weighted by Gasteiger charge is -2.07. The molecule has 3 rings (SSSR count). The first-order valence-corrected chi connectivity index (χ1v) is 13.5. The SMILES string of the molecule is CCCCCCCCCCOc1ccc(C(=O)C(=O)c2ccc(C(=O)C(=O)c3ccc(C)cc3)cc2)cc1. The first kappa shape index (κ1) is 28.7. The van der Waals surface area contributed by atoms with Crippen molar-refractivity contribution in [1.82, 2.24) is 0 Å². The van der Waals surface area contributed by atoms with Gasteiger partial charge in [0.15, 0.2) is 0 Å². The number of rotatable bonds is 16. The number of hydrogen-bond acceptors (Lipinski definition) is 5. The number of benzene rings is 3. The largest absolute Gasteiger partial charge is 0.494 e. The molecule has 0 aliphatic heterocycles. The molecule has 0 aliphatic rings. The number of unbranched alkanes of at least 4 members (excludes halogenated alkanes) is 7. The molecule has 0 spiro atoms. The molecule has 38 heavy (non-hydrogen) atoms. The third-order valence-corrected chi connectivity index (χ3v) is 6.52. The lowest BCUT2D eigenvalue weighted by atomic mass is 9.97. The van der Waals surface area contributed by atoms with Crippen molar-refractivity contribution in [2.75, 3.05) is 6.61 Å². The molecular formula is C33H36O5. The lowest BCUT2D eigenvalue weighted by Crippen LogP contribution is -2.16. The fourth-order valence-corrected chi connectivity index (χ4v) is 4.13. The van der Waals surface area contributed by atoms with Crippen LogP contribution in [0.3, 0.4) is 0 Å². The summed E-state index contributed by atoms with van der Waals surface area (Å²) in [5.74, 6) is -1.94. The highest BCUT2D eigenvalue weighted by Gasteiger charge is 2.21. The van der Waals surface area contributed by atoms with Crippen LogP contribution in [0.4, 0.5) is 0 Å². The van der Waals surface area contributed by atoms with E-state index in [0.717, 1.165) is 18.4 Å². The predicted octanol–water partition coefficient (Wildman–Crippen LogP) is 7.65. The van der Waals surface area contributed by atoms with Gasteiger partial charge < -0.3 is 4.74 Å². The summed E-state index contributed by atoms with van der Waals surface area (Å²) in [4.78, 5) is 50.5. The Balaban J connectivity index is 1.48. The molecule has 0 aromatic heterocycles. The smallest absolute Gasteiger partial charge is 0.233 e. The van der Waals surface area contributed by atoms with Crippen LogP contribution >= 0.6 is 0 Å². The van der Waals surface area contributed by atoms with Crippen molar-refractivity contribution < 1.29 is 23.9 Å². The molecule has 0 fully saturated rings. The molecule has 3 aromatic rings. The van der Waals surface area contributed by atoms with Crippen LogP contribution in [0.15, 0.2) is 72.8 Å². The molecule has 5 nitrogen and oxygen atoms in total. The topological polar surface area (TPSA) is 77.5 Å². The molecule has 3 aromatic carbocycles. The Morgan fingerprint density at radius 3 is 1.26 bits per heavy atom. The standard InChI is InChI=1S/C33H36O5/c1-3-4-5-6-7-8-9-10-23-38-29-21-19-28(20-22-29)33(37)32(36)27-17-15-26(16-18-27)31(35)30(34)25-13-11-24(2)12-14-25/h11-22H,3-10,23H2,1-2H3. The average Bonchev–Trinajstić information content (AvgIpc) is 2.95. The van der Waals surface area contributed by atoms with Crippen LogP contribution in [0.25, 0.3) is 0 Å². The quantitative estimate of drug-likeness (QED) is 0.112. The highest BCUT2D eigenvalue weighted by atomic mass is 16.5. The molecule has 0 saturated heterocycles. The Morgan fingerprint density at radius 2 is 0.842 bits per heavy atom. The van der Waals surface area contributed by atoms with Crippen molar-refractivity contribution in [2.45, 2.75) is 65.2 Å². The average molecular weight is 513 g/mol. The second-order valence-corrected chi connectivity index (χ2v) is 9.61. The van der Waals surface area contributed by atoms with Gasteiger partial charge in [0.25, 0.3) is 0 Å². The molecular weight excluding hydrogens is 476 g/mol. The summed E-state index contributed by atoms with van der Waals surface area (Å²) in [5, 5.41) is 0. The van der Waals surface area contributed by atoms with Gasteiger partial charge in [-0.2, -0.15) is 0 Å². The van der Waals surface area contributed by atoms with E-state index in [1.807, 2.05) is 6.92 Å². The lowest BCUT2D eigenvalue weighted by molar-refractivity contribution is 0.0814. The third kappa shape index (κ3) is 8.34. The number of Topliss-reactive ketones (excluding diaryl/α,β-unsaturated/α-hetero) is 4. The fraction of sp³-hybridized carbons (Fsp3) is 0.333. The van der Waals surface area contributed by atoms with E-state index in [9.17, 15) is 19.2 Å². The Hall–Kier alpha value is -3.86. The minimum Gasteiger partial charge on any atom is -0.494 e. The van der Waals surface area contributed by atoms with Crippen LogP contribution in [0.1, 0.15) is 105 Å². The molecule has 0 aliphatic carbocycles. The number of aryl methyl sites for hydroxylation is 1. The molecule has 198 valence electrons. The van der Waals surface area contributed by atoms with Gasteiger partial charge in [0.2, 0.25) is 23.1 Å². The maximum atomic E-state index is 12.7. The second-order valence-electron chi connectivity index (χ2n) is 9.61. The van der Waals surface area contributed by atoms with E-state index in [2.05, 4.69) is 6.92 Å². The summed E-state index contributed by atoms with van der Waals surface area (Å²) in [6, 6.07) is 18.9. The van der Waals surface area contributed by atoms with Crippen molar-refractivity contribution in [3.63, 3.8) is 0 Å². The van der Waals surface area contributed by atoms with Gasteiger partial charge in [-0.1, -0.05) is 106 Å². The van der Waals surface area contributed by atoms with Gasteiger partial charge in [-0.05, 0) is 37.6 Å². The number of ketones is 4. The van der Waals surface area contributed by atoms with Gasteiger partial charge in [-0.25, -0.2) is 0 Å². The summed E-state index contributed by atoms with van der Waals surface area (Å²) in [5.41, 5.74) is 1.88. The van der Waals surface area contributed by atoms with E-state index < -0.39 is 23.1 Å². The summed E-state index contributed by atoms with van der Waals surface area (Å²) in [7, 11) is 0. The molecule has 0 N–H and O–H groups in total. The van der Waals surface area contributed by atoms with Crippen LogP contribution in [0.5, 0.6) is 5.75 Å². The molecule has 0 unspecified atom stereocenters. The summed E-state index contributed by atoms with van der Waals surface area (Å²) >= 11 is 0. The van der Waals surface area contributed by atoms with Crippen molar-refractivity contribution in [3.05, 3.63) is 101 Å². The molecule has 0 bridgehead atoms. The zero-order valence-corrected chi connectivity index (χ0v) is 22.3. The van der Waals surface area contributed by atoms with Gasteiger partial charge >= 0.3 is 0 Å². The summed E-state index contributed by atoms with van der Waals surface area (Å²) in [6.07, 6.45) is 9.83. The van der Waals surface area contributed by atoms with Crippen molar-refractivity contribution >= 4 is 23.1 Å². The highest BCUT2D eigenvalue weighted by Crippen LogP contribution is 2.17. The maximum absolute atomic E-state index is 12.7. The first-order valence-electron chi connectivity index (χ1n) is 13.5. The summed E-state index contributed by atoms with van der Waals surface area (Å²) < 4.78 is 5.77. The number of hydrogen-bond donors (Lipinski definition) is 0. The minimum absolute atomic E-state index is 0.157. The van der Waals surface area contributed by atoms with Gasteiger partial charge in [0.1, 0.15) is 5.75 Å². The second kappa shape index (κ2) is 14.8. The molecule has 0 heterocycles. The van der Waals surface area contributed by atoms with E-state index >= 15 is 0 Å². The van der Waals surface area contributed by atoms with Gasteiger partial charge in [-0.3, -0.25) is 19.2 Å². The normalized spacial score (nSPS) is 10.7. The molecule has 5 heteroatoms. The Morgan fingerprint density at radius 1 is 0.500 bits per heavy atom. The van der Waals surface area contributed by atoms with E-state index in [0.29, 0.717) is 17.9 Å². The minimum atomic E-state index is -0.679. The molecule has 0 radical (unpaired) electrons. The van der Waals surface area contributed by atoms with Crippen LogP contribution < -0.4 is 4.74 Å². The number of carbonyl (C=O) groups excluding carboxylic acids is 4. The molecule has 0 saturated carbocycles. The van der Waals surface area contributed by atoms with Gasteiger partial charge in [-0.15, -0.1) is 0 Å². The predicted molar refractivity (Wildman–Crippen MR) is 149 cm³/mol. The highest BCUT2D eigenvalue weighted by molar-refractivity contribution is 6.50. The van der Waals surface area contributed by atoms with Crippen LogP contribution in [-0.2, 0) is 0 Å². The maximum Gasteiger partial charge on any atom is 0.233 e.